The number of benzene rings is 1. The fraction of sp³-hybridized carbons (Fsp3) is 0.538. The van der Waals surface area contributed by atoms with Crippen LogP contribution in [0, 0.1) is 11.6 Å². The van der Waals surface area contributed by atoms with Crippen LogP contribution >= 0.6 is 15.9 Å². The van der Waals surface area contributed by atoms with E-state index in [2.05, 4.69) is 21.2 Å². The van der Waals surface area contributed by atoms with Crippen LogP contribution < -0.4 is 5.32 Å². The lowest BCUT2D eigenvalue weighted by Gasteiger charge is -2.32. The summed E-state index contributed by atoms with van der Waals surface area (Å²) in [5, 5.41) is 3.13. The van der Waals surface area contributed by atoms with E-state index in [1.54, 1.807) is 7.11 Å². The molecule has 0 amide bonds. The zero-order valence-electron chi connectivity index (χ0n) is 10.2. The van der Waals surface area contributed by atoms with Crippen LogP contribution in [0.3, 0.4) is 0 Å². The maximum absolute atomic E-state index is 13.7. The summed E-state index contributed by atoms with van der Waals surface area (Å²) >= 11 is 3.18. The largest absolute Gasteiger partial charge is 0.379 e. The lowest BCUT2D eigenvalue weighted by atomic mass is 9.92. The van der Waals surface area contributed by atoms with E-state index in [1.807, 2.05) is 0 Å². The summed E-state index contributed by atoms with van der Waals surface area (Å²) in [4.78, 5) is 0. The molecule has 0 bridgehead atoms. The summed E-state index contributed by atoms with van der Waals surface area (Å²) in [6.45, 7) is 0. The maximum Gasteiger partial charge on any atom is 0.150 e. The van der Waals surface area contributed by atoms with Gasteiger partial charge >= 0.3 is 0 Å². The predicted octanol–water partition coefficient (Wildman–Crippen LogP) is 4.10. The molecule has 1 aromatic carbocycles. The second-order valence-corrected chi connectivity index (χ2v) is 5.41. The number of rotatable bonds is 3. The van der Waals surface area contributed by atoms with Crippen molar-refractivity contribution in [3.05, 3.63) is 28.2 Å². The summed E-state index contributed by atoms with van der Waals surface area (Å²) in [7, 11) is 1.67. The molecular weight excluding hydrogens is 304 g/mol. The predicted molar refractivity (Wildman–Crippen MR) is 70.7 cm³/mol. The van der Waals surface area contributed by atoms with Crippen LogP contribution in [-0.4, -0.2) is 19.3 Å². The quantitative estimate of drug-likeness (QED) is 0.905. The zero-order chi connectivity index (χ0) is 13.1. The Morgan fingerprint density at radius 3 is 2.67 bits per heavy atom. The van der Waals surface area contributed by atoms with Gasteiger partial charge in [0.05, 0.1) is 17.8 Å². The molecule has 1 N–H and O–H groups in total. The molecule has 0 spiro atoms. The van der Waals surface area contributed by atoms with Crippen LogP contribution in [0.5, 0.6) is 0 Å². The molecule has 0 aromatic heterocycles. The average Bonchev–Trinajstić information content (AvgIpc) is 2.34. The number of ether oxygens (including phenoxy) is 1. The summed E-state index contributed by atoms with van der Waals surface area (Å²) < 4.78 is 32.5. The van der Waals surface area contributed by atoms with Gasteiger partial charge in [0.25, 0.3) is 0 Å². The second kappa shape index (κ2) is 5.97. The minimum atomic E-state index is -0.586. The second-order valence-electron chi connectivity index (χ2n) is 4.55. The highest BCUT2D eigenvalue weighted by atomic mass is 79.9. The minimum absolute atomic E-state index is 0.0695. The molecule has 0 heterocycles. The van der Waals surface area contributed by atoms with Gasteiger partial charge in [0.15, 0.2) is 0 Å². The van der Waals surface area contributed by atoms with E-state index in [4.69, 9.17) is 4.74 Å². The molecule has 1 saturated carbocycles. The molecule has 2 atom stereocenters. The standard InChI is InChI=1S/C13H16BrF2NO/c1-18-12-5-3-2-4-11(12)17-13-9(14)6-8(15)7-10(13)16/h6-7,11-12,17H,2-5H2,1H3. The van der Waals surface area contributed by atoms with Crippen molar-refractivity contribution in [1.29, 1.82) is 0 Å². The Balaban J connectivity index is 2.17. The Kier molecular flexibility index (Phi) is 4.56. The third-order valence-electron chi connectivity index (χ3n) is 3.34. The summed E-state index contributed by atoms with van der Waals surface area (Å²) in [5.74, 6) is -1.17. The van der Waals surface area contributed by atoms with Gasteiger partial charge in [-0.1, -0.05) is 12.8 Å². The highest BCUT2D eigenvalue weighted by Gasteiger charge is 2.26. The van der Waals surface area contributed by atoms with Gasteiger partial charge in [0.1, 0.15) is 11.6 Å². The van der Waals surface area contributed by atoms with Crippen LogP contribution in [0.15, 0.2) is 16.6 Å². The van der Waals surface area contributed by atoms with Crippen molar-refractivity contribution >= 4 is 21.6 Å². The van der Waals surface area contributed by atoms with Crippen molar-refractivity contribution in [2.24, 2.45) is 0 Å². The van der Waals surface area contributed by atoms with E-state index in [0.717, 1.165) is 31.7 Å². The Labute approximate surface area is 114 Å². The van der Waals surface area contributed by atoms with Gasteiger partial charge in [-0.3, -0.25) is 0 Å². The van der Waals surface area contributed by atoms with Gasteiger partial charge in [-0.25, -0.2) is 8.78 Å². The van der Waals surface area contributed by atoms with E-state index in [0.29, 0.717) is 10.2 Å². The van der Waals surface area contributed by atoms with E-state index in [-0.39, 0.29) is 12.1 Å². The molecule has 1 aliphatic rings. The van der Waals surface area contributed by atoms with Crippen LogP contribution in [0.1, 0.15) is 25.7 Å². The first-order valence-corrected chi connectivity index (χ1v) is 6.85. The summed E-state index contributed by atoms with van der Waals surface area (Å²) in [6.07, 6.45) is 4.20. The molecule has 0 aliphatic heterocycles. The molecule has 2 nitrogen and oxygen atoms in total. The fourth-order valence-corrected chi connectivity index (χ4v) is 2.93. The SMILES string of the molecule is COC1CCCCC1Nc1c(F)cc(F)cc1Br. The average molecular weight is 320 g/mol. The van der Waals surface area contributed by atoms with Crippen LogP contribution in [-0.2, 0) is 4.74 Å². The molecule has 18 heavy (non-hydrogen) atoms. The van der Waals surface area contributed by atoms with Crippen molar-refractivity contribution in [3.8, 4) is 0 Å². The number of anilines is 1. The maximum atomic E-state index is 13.7. The monoisotopic (exact) mass is 319 g/mol. The highest BCUT2D eigenvalue weighted by molar-refractivity contribution is 9.10. The third-order valence-corrected chi connectivity index (χ3v) is 3.97. The fourth-order valence-electron chi connectivity index (χ4n) is 2.41. The molecule has 1 aliphatic carbocycles. The molecule has 0 radical (unpaired) electrons. The van der Waals surface area contributed by atoms with Gasteiger partial charge in [-0.15, -0.1) is 0 Å². The van der Waals surface area contributed by atoms with E-state index >= 15 is 0 Å². The van der Waals surface area contributed by atoms with Crippen molar-refractivity contribution in [3.63, 3.8) is 0 Å². The summed E-state index contributed by atoms with van der Waals surface area (Å²) in [5.41, 5.74) is 0.311. The number of halogens is 3. The van der Waals surface area contributed by atoms with Gasteiger partial charge < -0.3 is 10.1 Å². The van der Waals surface area contributed by atoms with Crippen molar-refractivity contribution < 1.29 is 13.5 Å². The topological polar surface area (TPSA) is 21.3 Å². The first kappa shape index (κ1) is 13.7. The van der Waals surface area contributed by atoms with Gasteiger partial charge in [0, 0.05) is 17.6 Å². The Morgan fingerprint density at radius 1 is 1.28 bits per heavy atom. The van der Waals surface area contributed by atoms with Gasteiger partial charge in [-0.05, 0) is 34.8 Å². The molecule has 5 heteroatoms. The van der Waals surface area contributed by atoms with Crippen molar-refractivity contribution in [2.45, 2.75) is 37.8 Å². The molecule has 100 valence electrons. The van der Waals surface area contributed by atoms with Crippen molar-refractivity contribution in [1.82, 2.24) is 0 Å². The first-order chi connectivity index (χ1) is 8.61. The number of methoxy groups -OCH3 is 1. The molecule has 0 saturated heterocycles. The van der Waals surface area contributed by atoms with Crippen molar-refractivity contribution in [2.75, 3.05) is 12.4 Å². The molecule has 1 aromatic rings. The van der Waals surface area contributed by atoms with Gasteiger partial charge in [-0.2, -0.15) is 0 Å². The van der Waals surface area contributed by atoms with E-state index < -0.39 is 11.6 Å². The first-order valence-electron chi connectivity index (χ1n) is 6.05. The lowest BCUT2D eigenvalue weighted by molar-refractivity contribution is 0.0605. The van der Waals surface area contributed by atoms with E-state index in [1.165, 1.54) is 6.07 Å². The van der Waals surface area contributed by atoms with Crippen LogP contribution in [0.2, 0.25) is 0 Å². The minimum Gasteiger partial charge on any atom is -0.379 e. The Hall–Kier alpha value is -0.680. The zero-order valence-corrected chi connectivity index (χ0v) is 11.8. The molecule has 2 unspecified atom stereocenters. The summed E-state index contributed by atoms with van der Waals surface area (Å²) in [6, 6.07) is 2.22. The molecule has 2 rings (SSSR count). The van der Waals surface area contributed by atoms with Crippen LogP contribution in [0.25, 0.3) is 0 Å². The number of hydrogen-bond donors (Lipinski definition) is 1. The van der Waals surface area contributed by atoms with E-state index in [9.17, 15) is 8.78 Å². The Bertz CT molecular complexity index is 404. The highest BCUT2D eigenvalue weighted by Crippen LogP contribution is 2.31. The smallest absolute Gasteiger partial charge is 0.150 e. The number of nitrogens with one attached hydrogen (secondary N) is 1. The Morgan fingerprint density at radius 2 is 2.00 bits per heavy atom. The molecular formula is C13H16BrF2NO. The normalized spacial score (nSPS) is 24.0. The number of hydrogen-bond acceptors (Lipinski definition) is 2. The van der Waals surface area contributed by atoms with Crippen LogP contribution in [0.4, 0.5) is 14.5 Å². The third kappa shape index (κ3) is 3.01. The lowest BCUT2D eigenvalue weighted by Crippen LogP contribution is -2.38. The van der Waals surface area contributed by atoms with Gasteiger partial charge in [0.2, 0.25) is 0 Å². The molecule has 1 fully saturated rings.